The Bertz CT molecular complexity index is 922. The molecular formula is C20H20N4O3. The number of hydrogen-bond donors (Lipinski definition) is 2. The summed E-state index contributed by atoms with van der Waals surface area (Å²) in [4.78, 5) is 26.2. The standard InChI is InChI=1S/C20H20N4O3/c1-24(2)19(25)17-10-15(16-11-21-22-12-16)8-9-18(17)23-20(26)27-13-14-6-4-3-5-7-14/h3-12H,13H2,1-2H3,(H,21,22)(H,23,26). The van der Waals surface area contributed by atoms with Crippen LogP contribution in [0.3, 0.4) is 0 Å². The van der Waals surface area contributed by atoms with Crippen molar-refractivity contribution in [2.45, 2.75) is 6.61 Å². The molecule has 0 aliphatic rings. The number of carbonyl (C=O) groups excluding carboxylic acids is 2. The average Bonchev–Trinajstić information content (AvgIpc) is 3.21. The quantitative estimate of drug-likeness (QED) is 0.725. The highest BCUT2D eigenvalue weighted by Gasteiger charge is 2.17. The van der Waals surface area contributed by atoms with Gasteiger partial charge in [-0.2, -0.15) is 5.10 Å². The van der Waals surface area contributed by atoms with Gasteiger partial charge in [0.2, 0.25) is 0 Å². The van der Waals surface area contributed by atoms with E-state index in [9.17, 15) is 9.59 Å². The molecule has 0 atom stereocenters. The second-order valence-corrected chi connectivity index (χ2v) is 6.13. The van der Waals surface area contributed by atoms with Crippen LogP contribution in [0.25, 0.3) is 11.1 Å². The maximum atomic E-state index is 12.6. The highest BCUT2D eigenvalue weighted by atomic mass is 16.5. The van der Waals surface area contributed by atoms with Crippen molar-refractivity contribution in [2.75, 3.05) is 19.4 Å². The van der Waals surface area contributed by atoms with E-state index in [2.05, 4.69) is 15.5 Å². The van der Waals surface area contributed by atoms with E-state index >= 15 is 0 Å². The molecule has 7 heteroatoms. The lowest BCUT2D eigenvalue weighted by Crippen LogP contribution is -2.24. The number of hydrogen-bond acceptors (Lipinski definition) is 4. The zero-order valence-electron chi connectivity index (χ0n) is 15.1. The Kier molecular flexibility index (Phi) is 5.51. The number of rotatable bonds is 5. The number of anilines is 1. The molecule has 0 bridgehead atoms. The Morgan fingerprint density at radius 3 is 2.56 bits per heavy atom. The molecule has 0 saturated heterocycles. The van der Waals surface area contributed by atoms with Gasteiger partial charge < -0.3 is 9.64 Å². The first-order valence-corrected chi connectivity index (χ1v) is 8.37. The van der Waals surface area contributed by atoms with Crippen molar-refractivity contribution in [3.05, 3.63) is 72.1 Å². The van der Waals surface area contributed by atoms with Crippen LogP contribution < -0.4 is 5.32 Å². The van der Waals surface area contributed by atoms with Gasteiger partial charge >= 0.3 is 6.09 Å². The van der Waals surface area contributed by atoms with Gasteiger partial charge in [0.15, 0.2) is 0 Å². The van der Waals surface area contributed by atoms with Gasteiger partial charge in [0.05, 0.1) is 17.4 Å². The van der Waals surface area contributed by atoms with Crippen LogP contribution in [0, 0.1) is 0 Å². The zero-order valence-corrected chi connectivity index (χ0v) is 15.1. The van der Waals surface area contributed by atoms with Gasteiger partial charge in [0.1, 0.15) is 6.61 Å². The highest BCUT2D eigenvalue weighted by molar-refractivity contribution is 6.03. The predicted molar refractivity (Wildman–Crippen MR) is 102 cm³/mol. The van der Waals surface area contributed by atoms with E-state index in [1.807, 2.05) is 36.4 Å². The molecule has 0 unspecified atom stereocenters. The summed E-state index contributed by atoms with van der Waals surface area (Å²) in [7, 11) is 3.31. The van der Waals surface area contributed by atoms with Crippen molar-refractivity contribution in [3.63, 3.8) is 0 Å². The minimum atomic E-state index is -0.622. The lowest BCUT2D eigenvalue weighted by molar-refractivity contribution is 0.0828. The number of aromatic amines is 1. The molecule has 3 rings (SSSR count). The molecule has 0 aliphatic heterocycles. The van der Waals surface area contributed by atoms with E-state index in [1.165, 1.54) is 4.90 Å². The second-order valence-electron chi connectivity index (χ2n) is 6.13. The molecule has 0 aliphatic carbocycles. The van der Waals surface area contributed by atoms with Crippen LogP contribution in [0.5, 0.6) is 0 Å². The zero-order chi connectivity index (χ0) is 19.2. The van der Waals surface area contributed by atoms with Crippen molar-refractivity contribution >= 4 is 17.7 Å². The Balaban J connectivity index is 1.79. The van der Waals surface area contributed by atoms with Gasteiger partial charge in [0.25, 0.3) is 5.91 Å². The number of ether oxygens (including phenoxy) is 1. The molecule has 138 valence electrons. The number of benzene rings is 2. The third-order valence-electron chi connectivity index (χ3n) is 3.94. The third-order valence-corrected chi connectivity index (χ3v) is 3.94. The molecule has 2 aromatic carbocycles. The van der Waals surface area contributed by atoms with Crippen LogP contribution in [0.15, 0.2) is 60.9 Å². The fraction of sp³-hybridized carbons (Fsp3) is 0.150. The molecule has 1 aromatic heterocycles. The van der Waals surface area contributed by atoms with E-state index in [1.54, 1.807) is 38.6 Å². The minimum absolute atomic E-state index is 0.150. The van der Waals surface area contributed by atoms with E-state index in [0.717, 1.165) is 16.7 Å². The lowest BCUT2D eigenvalue weighted by Gasteiger charge is -2.16. The lowest BCUT2D eigenvalue weighted by atomic mass is 10.0. The second kappa shape index (κ2) is 8.18. The summed E-state index contributed by atoms with van der Waals surface area (Å²) < 4.78 is 5.24. The van der Waals surface area contributed by atoms with E-state index in [0.29, 0.717) is 11.3 Å². The van der Waals surface area contributed by atoms with E-state index < -0.39 is 6.09 Å². The fourth-order valence-corrected chi connectivity index (χ4v) is 2.53. The largest absolute Gasteiger partial charge is 0.444 e. The predicted octanol–water partition coefficient (Wildman–Crippen LogP) is 3.53. The third kappa shape index (κ3) is 4.52. The number of nitrogens with zero attached hydrogens (tertiary/aromatic N) is 2. The average molecular weight is 364 g/mol. The molecular weight excluding hydrogens is 344 g/mol. The Labute approximate surface area is 157 Å². The maximum Gasteiger partial charge on any atom is 0.411 e. The number of amides is 2. The van der Waals surface area contributed by atoms with Crippen LogP contribution >= 0.6 is 0 Å². The molecule has 1 heterocycles. The van der Waals surface area contributed by atoms with Crippen molar-refractivity contribution in [3.8, 4) is 11.1 Å². The van der Waals surface area contributed by atoms with Gasteiger partial charge in [-0.05, 0) is 23.3 Å². The Hall–Kier alpha value is -3.61. The normalized spacial score (nSPS) is 10.3. The van der Waals surface area contributed by atoms with Crippen LogP contribution in [0.1, 0.15) is 15.9 Å². The van der Waals surface area contributed by atoms with E-state index in [4.69, 9.17) is 4.74 Å². The topological polar surface area (TPSA) is 87.3 Å². The smallest absolute Gasteiger partial charge is 0.411 e. The molecule has 27 heavy (non-hydrogen) atoms. The Morgan fingerprint density at radius 2 is 1.89 bits per heavy atom. The highest BCUT2D eigenvalue weighted by Crippen LogP contribution is 2.25. The molecule has 0 saturated carbocycles. The molecule has 2 amide bonds. The number of carbonyl (C=O) groups is 2. The van der Waals surface area contributed by atoms with Crippen molar-refractivity contribution < 1.29 is 14.3 Å². The van der Waals surface area contributed by atoms with Crippen LogP contribution in [0.2, 0.25) is 0 Å². The van der Waals surface area contributed by atoms with Crippen LogP contribution in [-0.4, -0.2) is 41.2 Å². The monoisotopic (exact) mass is 364 g/mol. The minimum Gasteiger partial charge on any atom is -0.444 e. The van der Waals surface area contributed by atoms with E-state index in [-0.39, 0.29) is 12.5 Å². The summed E-state index contributed by atoms with van der Waals surface area (Å²) in [5, 5.41) is 9.32. The fourth-order valence-electron chi connectivity index (χ4n) is 2.53. The van der Waals surface area contributed by atoms with Crippen molar-refractivity contribution in [1.29, 1.82) is 0 Å². The molecule has 2 N–H and O–H groups in total. The number of aromatic nitrogens is 2. The molecule has 0 spiro atoms. The first-order chi connectivity index (χ1) is 13.0. The Morgan fingerprint density at radius 1 is 1.11 bits per heavy atom. The van der Waals surface area contributed by atoms with Crippen molar-refractivity contribution in [1.82, 2.24) is 15.1 Å². The summed E-state index contributed by atoms with van der Waals surface area (Å²) in [6.45, 7) is 0.150. The molecule has 0 radical (unpaired) electrons. The van der Waals surface area contributed by atoms with Gasteiger partial charge in [-0.15, -0.1) is 0 Å². The summed E-state index contributed by atoms with van der Waals surface area (Å²) in [5.74, 6) is -0.223. The summed E-state index contributed by atoms with van der Waals surface area (Å²) in [6, 6.07) is 14.6. The molecule has 3 aromatic rings. The van der Waals surface area contributed by atoms with Crippen LogP contribution in [0.4, 0.5) is 10.5 Å². The SMILES string of the molecule is CN(C)C(=O)c1cc(-c2cn[nH]c2)ccc1NC(=O)OCc1ccccc1. The number of H-pyrrole nitrogens is 1. The summed E-state index contributed by atoms with van der Waals surface area (Å²) >= 11 is 0. The van der Waals surface area contributed by atoms with Crippen molar-refractivity contribution in [2.24, 2.45) is 0 Å². The van der Waals surface area contributed by atoms with Crippen LogP contribution in [-0.2, 0) is 11.3 Å². The first kappa shape index (κ1) is 18.2. The summed E-state index contributed by atoms with van der Waals surface area (Å²) in [5.41, 5.74) is 3.31. The first-order valence-electron chi connectivity index (χ1n) is 8.37. The van der Waals surface area contributed by atoms with Gasteiger partial charge in [0, 0.05) is 25.9 Å². The van der Waals surface area contributed by atoms with Gasteiger partial charge in [-0.1, -0.05) is 36.4 Å². The number of nitrogens with one attached hydrogen (secondary N) is 2. The van der Waals surface area contributed by atoms with Gasteiger partial charge in [-0.25, -0.2) is 4.79 Å². The summed E-state index contributed by atoms with van der Waals surface area (Å²) in [6.07, 6.45) is 2.78. The molecule has 0 fully saturated rings. The maximum absolute atomic E-state index is 12.6. The molecule has 7 nitrogen and oxygen atoms in total. The van der Waals surface area contributed by atoms with Gasteiger partial charge in [-0.3, -0.25) is 15.2 Å².